The van der Waals surface area contributed by atoms with Crippen LogP contribution in [0.25, 0.3) is 0 Å². The average molecular weight is 293 g/mol. The summed E-state index contributed by atoms with van der Waals surface area (Å²) < 4.78 is 5.28. The molecule has 0 unspecified atom stereocenters. The number of nitrogens with one attached hydrogen (secondary N) is 1. The van der Waals surface area contributed by atoms with E-state index in [1.165, 1.54) is 5.56 Å². The Morgan fingerprint density at radius 1 is 1.30 bits per heavy atom. The predicted octanol–water partition coefficient (Wildman–Crippen LogP) is 3.20. The summed E-state index contributed by atoms with van der Waals surface area (Å²) in [6.45, 7) is 5.89. The minimum absolute atomic E-state index is 0.120. The van der Waals surface area contributed by atoms with Gasteiger partial charge in [0.05, 0.1) is 5.75 Å². The van der Waals surface area contributed by atoms with Crippen LogP contribution in [0.5, 0.6) is 0 Å². The Morgan fingerprint density at radius 2 is 1.95 bits per heavy atom. The maximum atomic E-state index is 11.9. The van der Waals surface area contributed by atoms with Crippen molar-refractivity contribution in [2.45, 2.75) is 43.5 Å². The highest BCUT2D eigenvalue weighted by atomic mass is 32.2. The number of amides is 1. The zero-order valence-electron chi connectivity index (χ0n) is 12.2. The molecule has 2 rings (SSSR count). The number of benzene rings is 1. The highest BCUT2D eigenvalue weighted by molar-refractivity contribution is 8.00. The van der Waals surface area contributed by atoms with Crippen LogP contribution in [-0.2, 0) is 9.53 Å². The second-order valence-corrected chi connectivity index (χ2v) is 6.52. The number of thioether (sulfide) groups is 1. The summed E-state index contributed by atoms with van der Waals surface area (Å²) in [5.41, 5.74) is 1.33. The SMILES string of the molecule is CC(C)c1ccc(SCC(=O)NC2CCOCC2)cc1. The van der Waals surface area contributed by atoms with Crippen LogP contribution in [0, 0.1) is 0 Å². The van der Waals surface area contributed by atoms with Gasteiger partial charge in [0.2, 0.25) is 5.91 Å². The van der Waals surface area contributed by atoms with Gasteiger partial charge in [-0.1, -0.05) is 26.0 Å². The molecular weight excluding hydrogens is 270 g/mol. The molecule has 1 heterocycles. The van der Waals surface area contributed by atoms with Gasteiger partial charge in [-0.15, -0.1) is 11.8 Å². The van der Waals surface area contributed by atoms with Crippen LogP contribution in [-0.4, -0.2) is 30.9 Å². The van der Waals surface area contributed by atoms with E-state index < -0.39 is 0 Å². The Labute approximate surface area is 125 Å². The van der Waals surface area contributed by atoms with E-state index >= 15 is 0 Å². The van der Waals surface area contributed by atoms with Crippen LogP contribution < -0.4 is 5.32 Å². The Balaban J connectivity index is 1.74. The lowest BCUT2D eigenvalue weighted by Gasteiger charge is -2.23. The topological polar surface area (TPSA) is 38.3 Å². The molecule has 0 aliphatic carbocycles. The molecule has 1 amide bonds. The van der Waals surface area contributed by atoms with Crippen molar-refractivity contribution in [2.24, 2.45) is 0 Å². The van der Waals surface area contributed by atoms with Crippen LogP contribution in [0.4, 0.5) is 0 Å². The molecule has 3 nitrogen and oxygen atoms in total. The molecule has 0 saturated carbocycles. The van der Waals surface area contributed by atoms with Crippen molar-refractivity contribution >= 4 is 17.7 Å². The highest BCUT2D eigenvalue weighted by Crippen LogP contribution is 2.21. The Bertz CT molecular complexity index is 425. The van der Waals surface area contributed by atoms with Gasteiger partial charge in [0.1, 0.15) is 0 Å². The van der Waals surface area contributed by atoms with E-state index in [4.69, 9.17) is 4.74 Å². The molecule has 1 aromatic rings. The molecule has 0 spiro atoms. The lowest BCUT2D eigenvalue weighted by atomic mass is 10.0. The largest absolute Gasteiger partial charge is 0.381 e. The van der Waals surface area contributed by atoms with Gasteiger partial charge in [0, 0.05) is 24.2 Å². The molecule has 4 heteroatoms. The summed E-state index contributed by atoms with van der Waals surface area (Å²) in [5.74, 6) is 1.15. The summed E-state index contributed by atoms with van der Waals surface area (Å²) in [6, 6.07) is 8.77. The molecule has 0 aromatic heterocycles. The minimum atomic E-state index is 0.120. The third kappa shape index (κ3) is 4.84. The van der Waals surface area contributed by atoms with Crippen LogP contribution >= 0.6 is 11.8 Å². The van der Waals surface area contributed by atoms with Crippen molar-refractivity contribution < 1.29 is 9.53 Å². The Hall–Kier alpha value is -1.00. The normalized spacial score (nSPS) is 16.4. The molecule has 0 bridgehead atoms. The van der Waals surface area contributed by atoms with Crippen molar-refractivity contribution in [2.75, 3.05) is 19.0 Å². The molecule has 20 heavy (non-hydrogen) atoms. The number of rotatable bonds is 5. The van der Waals surface area contributed by atoms with Crippen molar-refractivity contribution in [3.63, 3.8) is 0 Å². The zero-order valence-corrected chi connectivity index (χ0v) is 13.0. The fourth-order valence-corrected chi connectivity index (χ4v) is 2.92. The quantitative estimate of drug-likeness (QED) is 0.847. The Morgan fingerprint density at radius 3 is 2.55 bits per heavy atom. The molecule has 1 aromatic carbocycles. The van der Waals surface area contributed by atoms with E-state index in [9.17, 15) is 4.79 Å². The molecule has 0 radical (unpaired) electrons. The van der Waals surface area contributed by atoms with E-state index in [-0.39, 0.29) is 5.91 Å². The van der Waals surface area contributed by atoms with Crippen LogP contribution in [0.15, 0.2) is 29.2 Å². The predicted molar refractivity (Wildman–Crippen MR) is 83.2 cm³/mol. The van der Waals surface area contributed by atoms with E-state index in [2.05, 4.69) is 43.4 Å². The zero-order chi connectivity index (χ0) is 14.4. The van der Waals surface area contributed by atoms with Gasteiger partial charge in [-0.3, -0.25) is 4.79 Å². The maximum Gasteiger partial charge on any atom is 0.230 e. The van der Waals surface area contributed by atoms with Crippen LogP contribution in [0.1, 0.15) is 38.2 Å². The molecule has 1 N–H and O–H groups in total. The summed E-state index contributed by atoms with van der Waals surface area (Å²) in [4.78, 5) is 13.0. The number of ether oxygens (including phenoxy) is 1. The number of hydrogen-bond acceptors (Lipinski definition) is 3. The Kier molecular flexibility index (Phi) is 5.92. The fourth-order valence-electron chi connectivity index (χ4n) is 2.21. The van der Waals surface area contributed by atoms with Gasteiger partial charge < -0.3 is 10.1 Å². The summed E-state index contributed by atoms with van der Waals surface area (Å²) in [5, 5.41) is 3.08. The minimum Gasteiger partial charge on any atom is -0.381 e. The van der Waals surface area contributed by atoms with Gasteiger partial charge in [-0.05, 0) is 36.5 Å². The van der Waals surface area contributed by atoms with E-state index in [1.54, 1.807) is 11.8 Å². The highest BCUT2D eigenvalue weighted by Gasteiger charge is 2.15. The molecule has 110 valence electrons. The number of carbonyl (C=O) groups is 1. The second-order valence-electron chi connectivity index (χ2n) is 5.47. The average Bonchev–Trinajstić information content (AvgIpc) is 2.46. The lowest BCUT2D eigenvalue weighted by Crippen LogP contribution is -2.39. The maximum absolute atomic E-state index is 11.9. The first-order chi connectivity index (χ1) is 9.65. The van der Waals surface area contributed by atoms with Gasteiger partial charge in [-0.2, -0.15) is 0 Å². The first-order valence-corrected chi connectivity index (χ1v) is 8.23. The smallest absolute Gasteiger partial charge is 0.230 e. The van der Waals surface area contributed by atoms with Crippen molar-refractivity contribution in [1.29, 1.82) is 0 Å². The van der Waals surface area contributed by atoms with Gasteiger partial charge in [-0.25, -0.2) is 0 Å². The van der Waals surface area contributed by atoms with E-state index in [0.717, 1.165) is 31.0 Å². The number of hydrogen-bond donors (Lipinski definition) is 1. The van der Waals surface area contributed by atoms with Crippen LogP contribution in [0.2, 0.25) is 0 Å². The molecule has 1 aliphatic heterocycles. The molecule has 1 saturated heterocycles. The molecule has 0 atom stereocenters. The summed E-state index contributed by atoms with van der Waals surface area (Å²) in [7, 11) is 0. The standard InChI is InChI=1S/C16H23NO2S/c1-12(2)13-3-5-15(6-4-13)20-11-16(18)17-14-7-9-19-10-8-14/h3-6,12,14H,7-11H2,1-2H3,(H,17,18). The van der Waals surface area contributed by atoms with Crippen molar-refractivity contribution in [3.05, 3.63) is 29.8 Å². The van der Waals surface area contributed by atoms with E-state index in [1.807, 2.05) is 0 Å². The summed E-state index contributed by atoms with van der Waals surface area (Å²) >= 11 is 1.59. The number of carbonyl (C=O) groups excluding carboxylic acids is 1. The summed E-state index contributed by atoms with van der Waals surface area (Å²) in [6.07, 6.45) is 1.86. The molecule has 1 aliphatic rings. The van der Waals surface area contributed by atoms with Crippen LogP contribution in [0.3, 0.4) is 0 Å². The van der Waals surface area contributed by atoms with Crippen molar-refractivity contribution in [1.82, 2.24) is 5.32 Å². The van der Waals surface area contributed by atoms with Gasteiger partial charge >= 0.3 is 0 Å². The first kappa shape index (κ1) is 15.4. The molecular formula is C16H23NO2S. The first-order valence-electron chi connectivity index (χ1n) is 7.25. The lowest BCUT2D eigenvalue weighted by molar-refractivity contribution is -0.119. The van der Waals surface area contributed by atoms with E-state index in [0.29, 0.717) is 17.7 Å². The monoisotopic (exact) mass is 293 g/mol. The van der Waals surface area contributed by atoms with Gasteiger partial charge in [0.25, 0.3) is 0 Å². The third-order valence-corrected chi connectivity index (χ3v) is 4.52. The van der Waals surface area contributed by atoms with Gasteiger partial charge in [0.15, 0.2) is 0 Å². The molecule has 1 fully saturated rings. The second kappa shape index (κ2) is 7.70. The van der Waals surface area contributed by atoms with Crippen molar-refractivity contribution in [3.8, 4) is 0 Å². The fraction of sp³-hybridized carbons (Fsp3) is 0.562. The third-order valence-electron chi connectivity index (χ3n) is 3.50.